The van der Waals surface area contributed by atoms with Crippen molar-refractivity contribution in [2.45, 2.75) is 44.9 Å². The Morgan fingerprint density at radius 3 is 2.81 bits per heavy atom. The van der Waals surface area contributed by atoms with Crippen molar-refractivity contribution in [3.05, 3.63) is 60.2 Å². The Kier molecular flexibility index (Phi) is 7.61. The van der Waals surface area contributed by atoms with E-state index in [0.29, 0.717) is 19.2 Å². The Hall–Kier alpha value is -3.06. The molecule has 7 nitrogen and oxygen atoms in total. The van der Waals surface area contributed by atoms with Gasteiger partial charge in [0.1, 0.15) is 6.10 Å². The number of nitrogens with one attached hydrogen (secondary N) is 3. The van der Waals surface area contributed by atoms with Crippen LogP contribution in [0.4, 0.5) is 11.4 Å². The summed E-state index contributed by atoms with van der Waals surface area (Å²) in [5.74, 6) is 0.753. The highest BCUT2D eigenvalue weighted by atomic mass is 16.5. The first-order chi connectivity index (χ1) is 15.7. The maximum absolute atomic E-state index is 12.3. The van der Waals surface area contributed by atoms with E-state index in [-0.39, 0.29) is 12.0 Å². The summed E-state index contributed by atoms with van der Waals surface area (Å²) in [7, 11) is 0. The molecule has 2 heterocycles. The van der Waals surface area contributed by atoms with Crippen LogP contribution in [0.5, 0.6) is 0 Å². The topological polar surface area (TPSA) is 78.0 Å². The predicted octanol–water partition coefficient (Wildman–Crippen LogP) is 3.14. The first-order valence-electron chi connectivity index (χ1n) is 11.6. The van der Waals surface area contributed by atoms with Gasteiger partial charge in [-0.1, -0.05) is 30.3 Å². The summed E-state index contributed by atoms with van der Waals surface area (Å²) in [6.07, 6.45) is 2.47. The zero-order chi connectivity index (χ0) is 22.2. The van der Waals surface area contributed by atoms with Crippen molar-refractivity contribution in [2.75, 3.05) is 36.5 Å². The third-order valence-electron chi connectivity index (χ3n) is 5.83. The second-order valence-corrected chi connectivity index (χ2v) is 8.30. The van der Waals surface area contributed by atoms with Gasteiger partial charge in [0.15, 0.2) is 5.96 Å². The van der Waals surface area contributed by atoms with Crippen LogP contribution >= 0.6 is 0 Å². The van der Waals surface area contributed by atoms with Gasteiger partial charge in [-0.25, -0.2) is 4.99 Å². The predicted molar refractivity (Wildman–Crippen MR) is 129 cm³/mol. The van der Waals surface area contributed by atoms with Crippen molar-refractivity contribution in [1.82, 2.24) is 10.6 Å². The summed E-state index contributed by atoms with van der Waals surface area (Å²) in [6.45, 7) is 6.07. The number of hydrogen-bond donors (Lipinski definition) is 3. The van der Waals surface area contributed by atoms with Gasteiger partial charge < -0.3 is 25.6 Å². The molecule has 2 saturated heterocycles. The normalized spacial score (nSPS) is 20.9. The number of carbonyl (C=O) groups excluding carboxylic acids is 1. The van der Waals surface area contributed by atoms with E-state index >= 15 is 0 Å². The largest absolute Gasteiger partial charge is 0.369 e. The van der Waals surface area contributed by atoms with Crippen molar-refractivity contribution in [1.29, 1.82) is 0 Å². The number of hydrogen-bond acceptors (Lipinski definition) is 4. The lowest BCUT2D eigenvalue weighted by molar-refractivity contribution is -0.124. The molecule has 7 heteroatoms. The van der Waals surface area contributed by atoms with Gasteiger partial charge in [0.05, 0.1) is 6.54 Å². The van der Waals surface area contributed by atoms with Crippen LogP contribution in [0.3, 0.4) is 0 Å². The molecule has 0 aromatic heterocycles. The summed E-state index contributed by atoms with van der Waals surface area (Å²) in [5, 5.41) is 9.90. The molecule has 1 amide bonds. The summed E-state index contributed by atoms with van der Waals surface area (Å²) in [5.41, 5.74) is 3.09. The van der Waals surface area contributed by atoms with Crippen LogP contribution in [0, 0.1) is 0 Å². The molecule has 0 spiro atoms. The molecule has 4 rings (SSSR count). The Morgan fingerprint density at radius 2 is 2.03 bits per heavy atom. The average Bonchev–Trinajstić information content (AvgIpc) is 3.51. The fourth-order valence-electron chi connectivity index (χ4n) is 4.19. The van der Waals surface area contributed by atoms with Crippen molar-refractivity contribution in [3.63, 3.8) is 0 Å². The fraction of sp³-hybridized carbons (Fsp3) is 0.440. The second-order valence-electron chi connectivity index (χ2n) is 8.30. The van der Waals surface area contributed by atoms with E-state index in [4.69, 9.17) is 9.73 Å². The Labute approximate surface area is 190 Å². The molecule has 2 atom stereocenters. The third kappa shape index (κ3) is 6.01. The molecule has 3 N–H and O–H groups in total. The van der Waals surface area contributed by atoms with E-state index in [1.807, 2.05) is 30.3 Å². The van der Waals surface area contributed by atoms with Gasteiger partial charge in [0.25, 0.3) is 5.91 Å². The molecule has 0 radical (unpaired) electrons. The van der Waals surface area contributed by atoms with Crippen LogP contribution in [0.2, 0.25) is 0 Å². The molecule has 2 aromatic carbocycles. The molecule has 2 aliphatic rings. The van der Waals surface area contributed by atoms with Crippen LogP contribution in [0.1, 0.15) is 31.7 Å². The number of anilines is 2. The van der Waals surface area contributed by atoms with Crippen LogP contribution in [-0.2, 0) is 16.1 Å². The molecule has 2 fully saturated rings. The lowest BCUT2D eigenvalue weighted by Gasteiger charge is -2.20. The van der Waals surface area contributed by atoms with Crippen LogP contribution in [-0.4, -0.2) is 50.3 Å². The van der Waals surface area contributed by atoms with Crippen molar-refractivity contribution < 1.29 is 9.53 Å². The number of nitrogens with zero attached hydrogens (tertiary/aromatic N) is 2. The van der Waals surface area contributed by atoms with Gasteiger partial charge in [-0.15, -0.1) is 0 Å². The zero-order valence-electron chi connectivity index (χ0n) is 18.7. The van der Waals surface area contributed by atoms with Crippen molar-refractivity contribution in [3.8, 4) is 0 Å². The Balaban J connectivity index is 1.33. The smallest absolute Gasteiger partial charge is 0.253 e. The molecular formula is C25H33N5O2. The van der Waals surface area contributed by atoms with Crippen LogP contribution in [0.15, 0.2) is 59.6 Å². The van der Waals surface area contributed by atoms with E-state index < -0.39 is 0 Å². The number of ether oxygens (including phenoxy) is 1. The lowest BCUT2D eigenvalue weighted by atomic mass is 10.2. The average molecular weight is 436 g/mol. The van der Waals surface area contributed by atoms with Gasteiger partial charge >= 0.3 is 0 Å². The molecule has 2 aliphatic heterocycles. The Morgan fingerprint density at radius 1 is 1.16 bits per heavy atom. The third-order valence-corrected chi connectivity index (χ3v) is 5.83. The molecule has 0 saturated carbocycles. The quantitative estimate of drug-likeness (QED) is 0.460. The van der Waals surface area contributed by atoms with E-state index in [0.717, 1.165) is 56.1 Å². The van der Waals surface area contributed by atoms with Crippen molar-refractivity contribution >= 4 is 23.2 Å². The molecule has 170 valence electrons. The van der Waals surface area contributed by atoms with Crippen LogP contribution < -0.4 is 20.9 Å². The zero-order valence-corrected chi connectivity index (χ0v) is 18.7. The van der Waals surface area contributed by atoms with Crippen LogP contribution in [0.25, 0.3) is 0 Å². The second kappa shape index (κ2) is 11.0. The number of amides is 1. The minimum atomic E-state index is -0.330. The minimum absolute atomic E-state index is 0.0673. The van der Waals surface area contributed by atoms with Crippen molar-refractivity contribution in [2.24, 2.45) is 4.99 Å². The summed E-state index contributed by atoms with van der Waals surface area (Å²) in [4.78, 5) is 19.5. The van der Waals surface area contributed by atoms with E-state index in [9.17, 15) is 4.79 Å². The number of aliphatic imine (C=N–C) groups is 1. The van der Waals surface area contributed by atoms with Gasteiger partial charge in [-0.05, 0) is 56.0 Å². The Bertz CT molecular complexity index is 912. The van der Waals surface area contributed by atoms with E-state index in [2.05, 4.69) is 52.0 Å². The van der Waals surface area contributed by atoms with E-state index in [1.54, 1.807) is 0 Å². The SMILES string of the molecule is CCNC(=NCc1cccc(NC(=O)C2CCCO2)c1)NC1CCN(c2ccccc2)C1. The first-order valence-corrected chi connectivity index (χ1v) is 11.6. The van der Waals surface area contributed by atoms with Gasteiger partial charge in [0, 0.05) is 43.7 Å². The standard InChI is InChI=1S/C25H33N5O2/c1-2-26-25(29-21-13-14-30(18-21)22-10-4-3-5-11-22)27-17-19-8-6-9-20(16-19)28-24(31)23-12-7-15-32-23/h3-6,8-11,16,21,23H,2,7,12-15,17-18H2,1H3,(H,28,31)(H2,26,27,29). The minimum Gasteiger partial charge on any atom is -0.369 e. The highest BCUT2D eigenvalue weighted by Crippen LogP contribution is 2.20. The van der Waals surface area contributed by atoms with Gasteiger partial charge in [0.2, 0.25) is 0 Å². The number of benzene rings is 2. The number of guanidine groups is 1. The lowest BCUT2D eigenvalue weighted by Crippen LogP contribution is -2.44. The molecular weight excluding hydrogens is 402 g/mol. The highest BCUT2D eigenvalue weighted by molar-refractivity contribution is 5.94. The molecule has 2 unspecified atom stereocenters. The molecule has 0 bridgehead atoms. The number of carbonyl (C=O) groups is 1. The highest BCUT2D eigenvalue weighted by Gasteiger charge is 2.24. The summed E-state index contributed by atoms with van der Waals surface area (Å²) >= 11 is 0. The monoisotopic (exact) mass is 435 g/mol. The molecule has 2 aromatic rings. The molecule has 0 aliphatic carbocycles. The van der Waals surface area contributed by atoms with Gasteiger partial charge in [-0.2, -0.15) is 0 Å². The van der Waals surface area contributed by atoms with Gasteiger partial charge in [-0.3, -0.25) is 4.79 Å². The number of para-hydroxylation sites is 1. The number of rotatable bonds is 7. The summed E-state index contributed by atoms with van der Waals surface area (Å²) < 4.78 is 5.47. The van der Waals surface area contributed by atoms with E-state index in [1.165, 1.54) is 5.69 Å². The molecule has 32 heavy (non-hydrogen) atoms. The first kappa shape index (κ1) is 22.1. The fourth-order valence-corrected chi connectivity index (χ4v) is 4.19. The maximum atomic E-state index is 12.3. The summed E-state index contributed by atoms with van der Waals surface area (Å²) in [6, 6.07) is 18.7. The maximum Gasteiger partial charge on any atom is 0.253 e.